The second-order valence-corrected chi connectivity index (χ2v) is 4.16. The molecular formula is C15H15NO2. The maximum atomic E-state index is 11.1. The van der Waals surface area contributed by atoms with Gasteiger partial charge in [0.25, 0.3) is 0 Å². The molecule has 0 spiro atoms. The summed E-state index contributed by atoms with van der Waals surface area (Å²) in [5, 5.41) is 7.60. The largest absolute Gasteiger partial charge is 0.486 e. The van der Waals surface area contributed by atoms with Crippen LogP contribution < -0.4 is 4.74 Å². The van der Waals surface area contributed by atoms with E-state index in [2.05, 4.69) is 6.08 Å². The van der Waals surface area contributed by atoms with Gasteiger partial charge in [0.15, 0.2) is 5.78 Å². The van der Waals surface area contributed by atoms with Crippen molar-refractivity contribution in [3.63, 3.8) is 0 Å². The lowest BCUT2D eigenvalue weighted by molar-refractivity contribution is -0.111. The Morgan fingerprint density at radius 1 is 1.28 bits per heavy atom. The molecule has 1 aromatic carbocycles. The van der Waals surface area contributed by atoms with Crippen molar-refractivity contribution in [2.24, 2.45) is 0 Å². The highest BCUT2D eigenvalue weighted by Gasteiger charge is 2.09. The quantitative estimate of drug-likeness (QED) is 0.824. The monoisotopic (exact) mass is 241 g/mol. The summed E-state index contributed by atoms with van der Waals surface area (Å²) in [6, 6.07) is 7.06. The zero-order valence-electron chi connectivity index (χ0n) is 10.2. The van der Waals surface area contributed by atoms with E-state index in [0.717, 1.165) is 12.2 Å². The van der Waals surface area contributed by atoms with Crippen molar-refractivity contribution in [2.45, 2.75) is 19.4 Å². The van der Waals surface area contributed by atoms with Crippen LogP contribution in [0, 0.1) is 5.41 Å². The normalized spacial score (nSPS) is 17.5. The Morgan fingerprint density at radius 3 is 2.56 bits per heavy atom. The molecule has 0 saturated heterocycles. The maximum absolute atomic E-state index is 11.1. The van der Waals surface area contributed by atoms with Crippen LogP contribution in [0.5, 0.6) is 5.75 Å². The molecule has 0 heterocycles. The van der Waals surface area contributed by atoms with E-state index in [-0.39, 0.29) is 17.6 Å². The molecule has 1 atom stereocenters. The summed E-state index contributed by atoms with van der Waals surface area (Å²) in [6.45, 7) is 1.39. The minimum Gasteiger partial charge on any atom is -0.486 e. The van der Waals surface area contributed by atoms with Crippen LogP contribution in [-0.4, -0.2) is 17.6 Å². The lowest BCUT2D eigenvalue weighted by atomic mass is 10.1. The van der Waals surface area contributed by atoms with E-state index in [9.17, 15) is 4.79 Å². The van der Waals surface area contributed by atoms with Gasteiger partial charge in [-0.05, 0) is 30.3 Å². The topological polar surface area (TPSA) is 50.2 Å². The molecule has 0 fully saturated rings. The smallest absolute Gasteiger partial charge is 0.177 e. The van der Waals surface area contributed by atoms with Gasteiger partial charge in [0.05, 0.1) is 0 Å². The fraction of sp³-hybridized carbons (Fsp3) is 0.200. The number of rotatable bonds is 4. The summed E-state index contributed by atoms with van der Waals surface area (Å²) < 4.78 is 5.76. The molecule has 2 rings (SSSR count). The molecule has 18 heavy (non-hydrogen) atoms. The lowest BCUT2D eigenvalue weighted by Crippen LogP contribution is -2.14. The summed E-state index contributed by atoms with van der Waals surface area (Å²) in [4.78, 5) is 11.1. The Balaban J connectivity index is 2.03. The van der Waals surface area contributed by atoms with Gasteiger partial charge < -0.3 is 4.74 Å². The third-order valence-corrected chi connectivity index (χ3v) is 2.72. The second kappa shape index (κ2) is 5.45. The molecule has 3 heteroatoms. The summed E-state index contributed by atoms with van der Waals surface area (Å²) >= 11 is 0. The molecule has 0 aliphatic heterocycles. The first-order valence-electron chi connectivity index (χ1n) is 5.87. The Labute approximate surface area is 106 Å². The van der Waals surface area contributed by atoms with E-state index < -0.39 is 0 Å². The maximum Gasteiger partial charge on any atom is 0.177 e. The molecule has 0 amide bonds. The van der Waals surface area contributed by atoms with E-state index in [1.54, 1.807) is 24.3 Å². The van der Waals surface area contributed by atoms with Crippen molar-refractivity contribution in [2.75, 3.05) is 0 Å². The minimum atomic E-state index is -0.232. The van der Waals surface area contributed by atoms with Crippen LogP contribution in [0.15, 0.2) is 48.6 Å². The van der Waals surface area contributed by atoms with Gasteiger partial charge in [-0.3, -0.25) is 10.2 Å². The zero-order valence-corrected chi connectivity index (χ0v) is 10.2. The van der Waals surface area contributed by atoms with Crippen LogP contribution in [0.25, 0.3) is 0 Å². The van der Waals surface area contributed by atoms with Crippen LogP contribution >= 0.6 is 0 Å². The van der Waals surface area contributed by atoms with Crippen molar-refractivity contribution in [3.8, 4) is 5.75 Å². The highest BCUT2D eigenvalue weighted by Crippen LogP contribution is 2.17. The molecule has 92 valence electrons. The van der Waals surface area contributed by atoms with Gasteiger partial charge in [-0.25, -0.2) is 0 Å². The molecule has 3 nitrogen and oxygen atoms in total. The van der Waals surface area contributed by atoms with E-state index in [0.29, 0.717) is 5.56 Å². The number of hydrogen-bond acceptors (Lipinski definition) is 3. The lowest BCUT2D eigenvalue weighted by Gasteiger charge is -2.16. The Bertz CT molecular complexity index is 512. The molecule has 1 aliphatic rings. The SMILES string of the molecule is CC(=O)C(=N)c1ccc(OC2C=CC=CC2)cc1. The minimum absolute atomic E-state index is 0.0297. The Morgan fingerprint density at radius 2 is 2.00 bits per heavy atom. The molecule has 1 unspecified atom stereocenters. The predicted octanol–water partition coefficient (Wildman–Crippen LogP) is 2.91. The molecule has 1 aromatic rings. The van der Waals surface area contributed by atoms with Crippen molar-refractivity contribution < 1.29 is 9.53 Å². The van der Waals surface area contributed by atoms with Crippen LogP contribution in [0.2, 0.25) is 0 Å². The molecule has 1 aliphatic carbocycles. The van der Waals surface area contributed by atoms with Gasteiger partial charge in [0, 0.05) is 18.9 Å². The average molecular weight is 241 g/mol. The second-order valence-electron chi connectivity index (χ2n) is 4.16. The third kappa shape index (κ3) is 2.94. The highest BCUT2D eigenvalue weighted by molar-refractivity contribution is 6.44. The van der Waals surface area contributed by atoms with E-state index in [4.69, 9.17) is 10.1 Å². The summed E-state index contributed by atoms with van der Waals surface area (Å²) in [5.41, 5.74) is 0.649. The Kier molecular flexibility index (Phi) is 3.72. The molecular weight excluding hydrogens is 226 g/mol. The molecule has 0 bridgehead atoms. The van der Waals surface area contributed by atoms with Gasteiger partial charge in [-0.15, -0.1) is 0 Å². The van der Waals surface area contributed by atoms with Crippen LogP contribution in [0.3, 0.4) is 0 Å². The first-order chi connectivity index (χ1) is 8.66. The summed E-state index contributed by atoms with van der Waals surface area (Å²) in [6.07, 6.45) is 8.95. The Hall–Kier alpha value is -2.16. The number of ether oxygens (including phenoxy) is 1. The standard InChI is InChI=1S/C15H15NO2/c1-11(17)15(16)12-7-9-14(10-8-12)18-13-5-3-2-4-6-13/h2-5,7-10,13,16H,6H2,1H3. The first kappa shape index (κ1) is 12.3. The van der Waals surface area contributed by atoms with E-state index in [1.807, 2.05) is 18.2 Å². The fourth-order valence-electron chi connectivity index (χ4n) is 1.72. The predicted molar refractivity (Wildman–Crippen MR) is 71.3 cm³/mol. The van der Waals surface area contributed by atoms with Crippen LogP contribution in [0.4, 0.5) is 0 Å². The van der Waals surface area contributed by atoms with Gasteiger partial charge >= 0.3 is 0 Å². The summed E-state index contributed by atoms with van der Waals surface area (Å²) in [7, 11) is 0. The number of carbonyl (C=O) groups excluding carboxylic acids is 1. The average Bonchev–Trinajstić information content (AvgIpc) is 2.40. The number of carbonyl (C=O) groups is 1. The number of Topliss-reactive ketones (excluding diaryl/α,β-unsaturated/α-hetero) is 1. The van der Waals surface area contributed by atoms with Crippen molar-refractivity contribution in [3.05, 3.63) is 54.1 Å². The van der Waals surface area contributed by atoms with Crippen LogP contribution in [0.1, 0.15) is 18.9 Å². The number of nitrogens with one attached hydrogen (secondary N) is 1. The first-order valence-corrected chi connectivity index (χ1v) is 5.87. The zero-order chi connectivity index (χ0) is 13.0. The molecule has 0 radical (unpaired) electrons. The molecule has 0 aromatic heterocycles. The summed E-state index contributed by atoms with van der Waals surface area (Å²) in [5.74, 6) is 0.518. The van der Waals surface area contributed by atoms with Gasteiger partial charge in [-0.1, -0.05) is 18.2 Å². The van der Waals surface area contributed by atoms with E-state index in [1.165, 1.54) is 6.92 Å². The van der Waals surface area contributed by atoms with Gasteiger partial charge in [-0.2, -0.15) is 0 Å². The molecule has 1 N–H and O–H groups in total. The van der Waals surface area contributed by atoms with Crippen LogP contribution in [-0.2, 0) is 4.79 Å². The number of benzene rings is 1. The number of hydrogen-bond donors (Lipinski definition) is 1. The highest BCUT2D eigenvalue weighted by atomic mass is 16.5. The molecule has 0 saturated carbocycles. The van der Waals surface area contributed by atoms with Gasteiger partial charge in [0.1, 0.15) is 17.6 Å². The third-order valence-electron chi connectivity index (χ3n) is 2.72. The number of allylic oxidation sites excluding steroid dienone is 2. The number of ketones is 1. The van der Waals surface area contributed by atoms with E-state index >= 15 is 0 Å². The van der Waals surface area contributed by atoms with Gasteiger partial charge in [0.2, 0.25) is 0 Å². The van der Waals surface area contributed by atoms with Crippen molar-refractivity contribution >= 4 is 11.5 Å². The van der Waals surface area contributed by atoms with Crippen molar-refractivity contribution in [1.29, 1.82) is 5.41 Å². The van der Waals surface area contributed by atoms with Crippen molar-refractivity contribution in [1.82, 2.24) is 0 Å². The fourth-order valence-corrected chi connectivity index (χ4v) is 1.72.